The van der Waals surface area contributed by atoms with Gasteiger partial charge in [0.25, 0.3) is 0 Å². The maximum atomic E-state index is 12.6. The highest BCUT2D eigenvalue weighted by Gasteiger charge is 2.35. The normalized spacial score (nSPS) is 13.6. The molecular formula is C24H44O8P2. The molecule has 0 saturated heterocycles. The lowest BCUT2D eigenvalue weighted by Crippen LogP contribution is -2.08. The van der Waals surface area contributed by atoms with Crippen molar-refractivity contribution >= 4 is 15.6 Å². The average Bonchev–Trinajstić information content (AvgIpc) is 2.79. The maximum Gasteiger partial charge on any atom is 0.483 e. The summed E-state index contributed by atoms with van der Waals surface area (Å²) in [5.41, 5.74) is 0. The zero-order valence-electron chi connectivity index (χ0n) is 20.6. The van der Waals surface area contributed by atoms with Crippen molar-refractivity contribution in [3.63, 3.8) is 0 Å². The van der Waals surface area contributed by atoms with Crippen LogP contribution in [-0.2, 0) is 22.5 Å². The molecule has 0 radical (unpaired) electrons. The molecule has 1 unspecified atom stereocenters. The van der Waals surface area contributed by atoms with Gasteiger partial charge in [-0.2, -0.15) is 4.31 Å². The second kappa shape index (κ2) is 19.5. The standard InChI is InChI=1S/C24H44O8P2/c1-2-3-4-5-6-7-8-9-10-11-12-13-14-18-21-30-34(28,32-33(25,26)27)31-23-22-29-24-19-16-15-17-20-24/h15-17,19-20H,2-14,18,21-23H2,1H3,(H2,25,26,27). The maximum absolute atomic E-state index is 12.6. The quantitative estimate of drug-likeness (QED) is 0.111. The molecule has 198 valence electrons. The van der Waals surface area contributed by atoms with Crippen molar-refractivity contribution < 1.29 is 37.0 Å². The first kappa shape index (κ1) is 31.3. The van der Waals surface area contributed by atoms with E-state index in [9.17, 15) is 9.13 Å². The van der Waals surface area contributed by atoms with E-state index in [1.807, 2.05) is 6.07 Å². The zero-order chi connectivity index (χ0) is 25.0. The van der Waals surface area contributed by atoms with Crippen LogP contribution in [0.4, 0.5) is 0 Å². The minimum Gasteiger partial charge on any atom is -0.491 e. The summed E-state index contributed by atoms with van der Waals surface area (Å²) in [7, 11) is -9.43. The number of phosphoric acid groups is 2. The molecule has 0 aromatic heterocycles. The van der Waals surface area contributed by atoms with Crippen LogP contribution in [0.2, 0.25) is 0 Å². The molecule has 0 fully saturated rings. The summed E-state index contributed by atoms with van der Waals surface area (Å²) in [5.74, 6) is 0.597. The van der Waals surface area contributed by atoms with Crippen LogP contribution >= 0.6 is 15.6 Å². The highest BCUT2D eigenvalue weighted by Crippen LogP contribution is 2.61. The van der Waals surface area contributed by atoms with Crippen molar-refractivity contribution in [2.24, 2.45) is 0 Å². The molecular weight excluding hydrogens is 478 g/mol. The third-order valence-corrected chi connectivity index (χ3v) is 7.95. The van der Waals surface area contributed by atoms with Gasteiger partial charge in [0, 0.05) is 0 Å². The van der Waals surface area contributed by atoms with Crippen molar-refractivity contribution in [1.82, 2.24) is 0 Å². The van der Waals surface area contributed by atoms with Crippen LogP contribution in [-0.4, -0.2) is 29.6 Å². The smallest absolute Gasteiger partial charge is 0.483 e. The number of hydrogen-bond acceptors (Lipinski definition) is 6. The molecule has 0 saturated carbocycles. The van der Waals surface area contributed by atoms with E-state index in [4.69, 9.17) is 23.6 Å². The Balaban J connectivity index is 2.09. The predicted molar refractivity (Wildman–Crippen MR) is 135 cm³/mol. The molecule has 10 heteroatoms. The van der Waals surface area contributed by atoms with E-state index in [-0.39, 0.29) is 19.8 Å². The van der Waals surface area contributed by atoms with E-state index in [0.717, 1.165) is 19.3 Å². The van der Waals surface area contributed by atoms with E-state index >= 15 is 0 Å². The summed E-state index contributed by atoms with van der Waals surface area (Å²) in [6.45, 7) is 2.10. The van der Waals surface area contributed by atoms with Crippen LogP contribution in [0.1, 0.15) is 96.8 Å². The van der Waals surface area contributed by atoms with Crippen molar-refractivity contribution in [1.29, 1.82) is 0 Å². The summed E-state index contributed by atoms with van der Waals surface area (Å²) < 4.78 is 43.6. The highest BCUT2D eigenvalue weighted by atomic mass is 31.3. The topological polar surface area (TPSA) is 112 Å². The van der Waals surface area contributed by atoms with Crippen LogP contribution < -0.4 is 4.74 Å². The predicted octanol–water partition coefficient (Wildman–Crippen LogP) is 7.80. The lowest BCUT2D eigenvalue weighted by atomic mass is 10.0. The van der Waals surface area contributed by atoms with Gasteiger partial charge in [-0.05, 0) is 18.6 Å². The first-order valence-electron chi connectivity index (χ1n) is 12.7. The summed E-state index contributed by atoms with van der Waals surface area (Å²) in [5, 5.41) is 0. The van der Waals surface area contributed by atoms with E-state index in [2.05, 4.69) is 11.2 Å². The molecule has 8 nitrogen and oxygen atoms in total. The molecule has 34 heavy (non-hydrogen) atoms. The number of benzene rings is 1. The Hall–Kier alpha value is -0.720. The molecule has 0 bridgehead atoms. The van der Waals surface area contributed by atoms with E-state index in [1.54, 1.807) is 24.3 Å². The van der Waals surface area contributed by atoms with Gasteiger partial charge in [0.05, 0.1) is 13.2 Å². The van der Waals surface area contributed by atoms with Crippen LogP contribution in [0.25, 0.3) is 0 Å². The van der Waals surface area contributed by atoms with Gasteiger partial charge in [-0.1, -0.05) is 109 Å². The number of hydrogen-bond donors (Lipinski definition) is 2. The Labute approximate surface area is 205 Å². The van der Waals surface area contributed by atoms with Crippen LogP contribution in [0.3, 0.4) is 0 Å². The molecule has 1 aromatic rings. The number of rotatable bonds is 23. The first-order chi connectivity index (χ1) is 16.3. The average molecular weight is 523 g/mol. The monoisotopic (exact) mass is 522 g/mol. The lowest BCUT2D eigenvalue weighted by molar-refractivity contribution is 0.121. The van der Waals surface area contributed by atoms with Crippen molar-refractivity contribution in [3.8, 4) is 5.75 Å². The minimum absolute atomic E-state index is 0.0285. The Morgan fingerprint density at radius 3 is 1.62 bits per heavy atom. The Kier molecular flexibility index (Phi) is 17.9. The number of para-hydroxylation sites is 1. The van der Waals surface area contributed by atoms with Crippen molar-refractivity contribution in [2.45, 2.75) is 96.8 Å². The molecule has 0 amide bonds. The highest BCUT2D eigenvalue weighted by molar-refractivity contribution is 7.61. The van der Waals surface area contributed by atoms with Gasteiger partial charge in [0.15, 0.2) is 0 Å². The second-order valence-electron chi connectivity index (χ2n) is 8.44. The van der Waals surface area contributed by atoms with E-state index < -0.39 is 15.6 Å². The number of phosphoric ester groups is 1. The van der Waals surface area contributed by atoms with Gasteiger partial charge in [-0.25, -0.2) is 9.13 Å². The zero-order valence-corrected chi connectivity index (χ0v) is 22.4. The van der Waals surface area contributed by atoms with E-state index in [1.165, 1.54) is 64.2 Å². The molecule has 0 aliphatic heterocycles. The minimum atomic E-state index is -5.04. The lowest BCUT2D eigenvalue weighted by Gasteiger charge is -2.18. The molecule has 0 heterocycles. The van der Waals surface area contributed by atoms with Gasteiger partial charge < -0.3 is 14.5 Å². The fraction of sp³-hybridized carbons (Fsp3) is 0.750. The van der Waals surface area contributed by atoms with E-state index in [0.29, 0.717) is 12.2 Å². The molecule has 0 aliphatic rings. The van der Waals surface area contributed by atoms with Crippen LogP contribution in [0, 0.1) is 0 Å². The Morgan fingerprint density at radius 2 is 1.12 bits per heavy atom. The second-order valence-corrected chi connectivity index (χ2v) is 11.5. The van der Waals surface area contributed by atoms with Gasteiger partial charge in [-0.15, -0.1) is 0 Å². The summed E-state index contributed by atoms with van der Waals surface area (Å²) in [6, 6.07) is 8.95. The third-order valence-electron chi connectivity index (χ3n) is 5.30. The largest absolute Gasteiger partial charge is 0.491 e. The first-order valence-corrected chi connectivity index (χ1v) is 15.7. The Bertz CT molecular complexity index is 695. The molecule has 1 aromatic carbocycles. The number of ether oxygens (including phenoxy) is 1. The number of unbranched alkanes of at least 4 members (excludes halogenated alkanes) is 13. The van der Waals surface area contributed by atoms with Gasteiger partial charge >= 0.3 is 15.6 Å². The summed E-state index contributed by atoms with van der Waals surface area (Å²) in [4.78, 5) is 18.1. The van der Waals surface area contributed by atoms with Crippen molar-refractivity contribution in [3.05, 3.63) is 30.3 Å². The fourth-order valence-corrected chi connectivity index (χ4v) is 5.66. The fourth-order valence-electron chi connectivity index (χ4n) is 3.51. The summed E-state index contributed by atoms with van der Waals surface area (Å²) in [6.07, 6.45) is 16.9. The molecule has 2 N–H and O–H groups in total. The van der Waals surface area contributed by atoms with Gasteiger partial charge in [0.1, 0.15) is 12.4 Å². The van der Waals surface area contributed by atoms with Crippen LogP contribution in [0.15, 0.2) is 30.3 Å². The Morgan fingerprint density at radius 1 is 0.647 bits per heavy atom. The van der Waals surface area contributed by atoms with Gasteiger partial charge in [0.2, 0.25) is 0 Å². The summed E-state index contributed by atoms with van der Waals surface area (Å²) >= 11 is 0. The molecule has 1 atom stereocenters. The molecule has 0 aliphatic carbocycles. The molecule has 0 spiro atoms. The molecule has 1 rings (SSSR count). The third kappa shape index (κ3) is 18.6. The SMILES string of the molecule is CCCCCCCCCCCCCCCCOP(=O)(OCCOc1ccccc1)OP(=O)(O)O. The van der Waals surface area contributed by atoms with Gasteiger partial charge in [-0.3, -0.25) is 9.05 Å². The van der Waals surface area contributed by atoms with Crippen LogP contribution in [0.5, 0.6) is 5.75 Å². The van der Waals surface area contributed by atoms with Crippen molar-refractivity contribution in [2.75, 3.05) is 19.8 Å².